The number of hydrogen-bond donors (Lipinski definition) is 2. The maximum atomic E-state index is 13.2. The molecule has 2 aliphatic heterocycles. The van der Waals surface area contributed by atoms with Crippen LogP contribution in [0.4, 0.5) is 25.0 Å². The predicted molar refractivity (Wildman–Crippen MR) is 100 cm³/mol. The molecule has 2 heterocycles. The van der Waals surface area contributed by atoms with Crippen LogP contribution in [-0.4, -0.2) is 29.2 Å². The fourth-order valence-electron chi connectivity index (χ4n) is 2.74. The Morgan fingerprint density at radius 3 is 2.54 bits per heavy atom. The number of benzene rings is 2. The highest BCUT2D eigenvalue weighted by Gasteiger charge is 2.26. The van der Waals surface area contributed by atoms with Crippen molar-refractivity contribution in [3.05, 3.63) is 65.1 Å². The summed E-state index contributed by atoms with van der Waals surface area (Å²) in [6.45, 7) is 1.69. The second-order valence-corrected chi connectivity index (χ2v) is 6.56. The van der Waals surface area contributed by atoms with Crippen molar-refractivity contribution in [3.8, 4) is 0 Å². The molecule has 0 spiro atoms. The van der Waals surface area contributed by atoms with Gasteiger partial charge in [0.2, 0.25) is 0 Å². The third-order valence-corrected chi connectivity index (χ3v) is 4.89. The lowest BCUT2D eigenvalue weighted by Gasteiger charge is -2.17. The van der Waals surface area contributed by atoms with Crippen molar-refractivity contribution in [1.29, 1.82) is 0 Å². The number of amides is 2. The number of halogens is 2. The molecule has 26 heavy (non-hydrogen) atoms. The lowest BCUT2D eigenvalue weighted by molar-refractivity contribution is 0.262. The SMILES string of the molecule is O=C(Nc1ccc(C2=CSC3=NCCN23)cc1)Nc1ccc(F)c(F)c1. The number of anilines is 2. The summed E-state index contributed by atoms with van der Waals surface area (Å²) in [7, 11) is 0. The summed E-state index contributed by atoms with van der Waals surface area (Å²) in [6.07, 6.45) is 0. The molecular weight excluding hydrogens is 358 g/mol. The molecule has 0 saturated heterocycles. The first-order valence-corrected chi connectivity index (χ1v) is 8.80. The van der Waals surface area contributed by atoms with Crippen LogP contribution in [0.15, 0.2) is 52.9 Å². The van der Waals surface area contributed by atoms with Gasteiger partial charge in [0.15, 0.2) is 16.8 Å². The zero-order chi connectivity index (χ0) is 18.1. The Labute approximate surface area is 152 Å². The minimum atomic E-state index is -1.01. The number of nitrogens with one attached hydrogen (secondary N) is 2. The minimum Gasteiger partial charge on any atom is -0.318 e. The van der Waals surface area contributed by atoms with E-state index in [4.69, 9.17) is 0 Å². The highest BCUT2D eigenvalue weighted by Crippen LogP contribution is 2.35. The fourth-order valence-corrected chi connectivity index (χ4v) is 3.70. The van der Waals surface area contributed by atoms with Gasteiger partial charge in [0, 0.05) is 29.4 Å². The van der Waals surface area contributed by atoms with Gasteiger partial charge in [0.25, 0.3) is 0 Å². The highest BCUT2D eigenvalue weighted by molar-refractivity contribution is 8.16. The number of hydrogen-bond acceptors (Lipinski definition) is 4. The van der Waals surface area contributed by atoms with Crippen LogP contribution in [-0.2, 0) is 0 Å². The van der Waals surface area contributed by atoms with Crippen LogP contribution in [0.25, 0.3) is 5.70 Å². The van der Waals surface area contributed by atoms with Crippen molar-refractivity contribution in [2.75, 3.05) is 23.7 Å². The smallest absolute Gasteiger partial charge is 0.318 e. The molecule has 0 saturated carbocycles. The van der Waals surface area contributed by atoms with Crippen LogP contribution >= 0.6 is 11.8 Å². The summed E-state index contributed by atoms with van der Waals surface area (Å²) in [4.78, 5) is 18.6. The van der Waals surface area contributed by atoms with E-state index in [0.29, 0.717) is 5.69 Å². The molecule has 8 heteroatoms. The molecule has 2 aromatic carbocycles. The van der Waals surface area contributed by atoms with Gasteiger partial charge in [-0.1, -0.05) is 23.9 Å². The number of rotatable bonds is 3. The summed E-state index contributed by atoms with van der Waals surface area (Å²) in [5, 5.41) is 8.21. The monoisotopic (exact) mass is 372 g/mol. The quantitative estimate of drug-likeness (QED) is 0.843. The van der Waals surface area contributed by atoms with E-state index in [-0.39, 0.29) is 5.69 Å². The molecule has 0 atom stereocenters. The van der Waals surface area contributed by atoms with Crippen molar-refractivity contribution in [2.24, 2.45) is 4.99 Å². The standard InChI is InChI=1S/C18H14F2N4OS/c19-14-6-5-13(9-15(14)20)23-17(25)22-12-3-1-11(2-4-12)16-10-26-18-21-7-8-24(16)18/h1-6,9-10H,7-8H2,(H2,22,23,25). The topological polar surface area (TPSA) is 56.7 Å². The van der Waals surface area contributed by atoms with Crippen LogP contribution in [0.2, 0.25) is 0 Å². The zero-order valence-corrected chi connectivity index (χ0v) is 14.3. The van der Waals surface area contributed by atoms with Gasteiger partial charge in [-0.15, -0.1) is 0 Å². The van der Waals surface area contributed by atoms with Crippen molar-refractivity contribution in [3.63, 3.8) is 0 Å². The van der Waals surface area contributed by atoms with Gasteiger partial charge in [-0.3, -0.25) is 4.99 Å². The lowest BCUT2D eigenvalue weighted by atomic mass is 10.1. The summed E-state index contributed by atoms with van der Waals surface area (Å²) in [5.41, 5.74) is 2.91. The van der Waals surface area contributed by atoms with Crippen LogP contribution in [0.5, 0.6) is 0 Å². The molecule has 5 nitrogen and oxygen atoms in total. The second kappa shape index (κ2) is 6.80. The lowest BCUT2D eigenvalue weighted by Crippen LogP contribution is -2.20. The van der Waals surface area contributed by atoms with Gasteiger partial charge in [0.1, 0.15) is 0 Å². The molecule has 0 aliphatic carbocycles. The van der Waals surface area contributed by atoms with Crippen LogP contribution in [0.3, 0.4) is 0 Å². The summed E-state index contributed by atoms with van der Waals surface area (Å²) in [5.74, 6) is -1.98. The third kappa shape index (κ3) is 3.28. The van der Waals surface area contributed by atoms with Gasteiger partial charge in [0.05, 0.1) is 12.2 Å². The van der Waals surface area contributed by atoms with Gasteiger partial charge in [-0.05, 0) is 29.8 Å². The number of fused-ring (bicyclic) bond motifs is 1. The van der Waals surface area contributed by atoms with Gasteiger partial charge >= 0.3 is 6.03 Å². The van der Waals surface area contributed by atoms with Crippen molar-refractivity contribution < 1.29 is 13.6 Å². The highest BCUT2D eigenvalue weighted by atomic mass is 32.2. The Hall–Kier alpha value is -2.87. The Kier molecular flexibility index (Phi) is 4.34. The molecule has 0 fully saturated rings. The Balaban J connectivity index is 1.40. The normalized spacial score (nSPS) is 15.4. The number of carbonyl (C=O) groups excluding carboxylic acids is 1. The van der Waals surface area contributed by atoms with E-state index in [9.17, 15) is 13.6 Å². The van der Waals surface area contributed by atoms with Crippen LogP contribution < -0.4 is 10.6 Å². The Morgan fingerprint density at radius 1 is 1.04 bits per heavy atom. The predicted octanol–water partition coefficient (Wildman–Crippen LogP) is 4.33. The second-order valence-electron chi connectivity index (χ2n) is 5.72. The largest absolute Gasteiger partial charge is 0.323 e. The molecule has 0 bridgehead atoms. The van der Waals surface area contributed by atoms with Gasteiger partial charge < -0.3 is 15.5 Å². The van der Waals surface area contributed by atoms with E-state index in [1.807, 2.05) is 12.1 Å². The molecule has 0 unspecified atom stereocenters. The molecule has 2 N–H and O–H groups in total. The first-order chi connectivity index (χ1) is 12.6. The molecule has 2 aromatic rings. The van der Waals surface area contributed by atoms with Crippen LogP contribution in [0.1, 0.15) is 5.56 Å². The van der Waals surface area contributed by atoms with Gasteiger partial charge in [-0.25, -0.2) is 13.6 Å². The molecule has 2 aliphatic rings. The molecule has 0 radical (unpaired) electrons. The summed E-state index contributed by atoms with van der Waals surface area (Å²) < 4.78 is 26.1. The Bertz CT molecular complexity index is 927. The van der Waals surface area contributed by atoms with E-state index in [0.717, 1.165) is 41.7 Å². The average molecular weight is 372 g/mol. The van der Waals surface area contributed by atoms with Crippen molar-refractivity contribution >= 4 is 40.0 Å². The third-order valence-electron chi connectivity index (χ3n) is 3.98. The minimum absolute atomic E-state index is 0.173. The summed E-state index contributed by atoms with van der Waals surface area (Å²) in [6, 6.07) is 10.1. The first kappa shape index (κ1) is 16.6. The molecule has 4 rings (SSSR count). The van der Waals surface area contributed by atoms with E-state index in [2.05, 4.69) is 25.9 Å². The van der Waals surface area contributed by atoms with E-state index < -0.39 is 17.7 Å². The fraction of sp³-hybridized carbons (Fsp3) is 0.111. The number of amidine groups is 1. The molecule has 2 amide bonds. The zero-order valence-electron chi connectivity index (χ0n) is 13.5. The molecular formula is C18H14F2N4OS. The summed E-state index contributed by atoms with van der Waals surface area (Å²) >= 11 is 1.61. The Morgan fingerprint density at radius 2 is 1.77 bits per heavy atom. The van der Waals surface area contributed by atoms with E-state index in [1.165, 1.54) is 6.07 Å². The number of nitrogens with zero attached hydrogens (tertiary/aromatic N) is 2. The van der Waals surface area contributed by atoms with Crippen molar-refractivity contribution in [1.82, 2.24) is 4.90 Å². The van der Waals surface area contributed by atoms with E-state index >= 15 is 0 Å². The molecule has 132 valence electrons. The number of aliphatic imine (C=N–C) groups is 1. The van der Waals surface area contributed by atoms with Gasteiger partial charge in [-0.2, -0.15) is 0 Å². The number of carbonyl (C=O) groups is 1. The van der Waals surface area contributed by atoms with E-state index in [1.54, 1.807) is 23.9 Å². The molecule has 0 aromatic heterocycles. The van der Waals surface area contributed by atoms with Crippen LogP contribution in [0, 0.1) is 11.6 Å². The average Bonchev–Trinajstić information content (AvgIpc) is 3.22. The maximum Gasteiger partial charge on any atom is 0.323 e. The number of thioether (sulfide) groups is 1. The maximum absolute atomic E-state index is 13.2. The van der Waals surface area contributed by atoms with Crippen molar-refractivity contribution in [2.45, 2.75) is 0 Å². The first-order valence-electron chi connectivity index (χ1n) is 7.92. The number of urea groups is 1.